The van der Waals surface area contributed by atoms with Gasteiger partial charge in [0.1, 0.15) is 6.04 Å². The molecule has 2 N–H and O–H groups in total. The molecule has 1 amide bonds. The van der Waals surface area contributed by atoms with E-state index in [-0.39, 0.29) is 22.9 Å². The van der Waals surface area contributed by atoms with E-state index in [4.69, 9.17) is 9.84 Å². The van der Waals surface area contributed by atoms with Gasteiger partial charge in [-0.25, -0.2) is 4.79 Å². The molecule has 0 spiro atoms. The van der Waals surface area contributed by atoms with Crippen molar-refractivity contribution in [2.24, 2.45) is 0 Å². The topological polar surface area (TPSA) is 119 Å². The highest BCUT2D eigenvalue weighted by Gasteiger charge is 2.22. The zero-order chi connectivity index (χ0) is 14.4. The van der Waals surface area contributed by atoms with Gasteiger partial charge in [-0.2, -0.15) is 0 Å². The Labute approximate surface area is 112 Å². The lowest BCUT2D eigenvalue weighted by atomic mass is 10.2. The molecule has 0 saturated carbocycles. The Morgan fingerprint density at radius 3 is 2.74 bits per heavy atom. The summed E-state index contributed by atoms with van der Waals surface area (Å²) in [5.74, 6) is -1.84. The number of carbonyl (C=O) groups is 2. The molecular weight excluding hydrogens is 276 g/mol. The standard InChI is InChI=1S/C10H12N2O6S/c1-18-5-4-6(10(14)15)11-9(13)7-2-3-8(19-7)12(16)17/h2-3,6H,4-5H2,1H3,(H,11,13)(H,14,15). The molecule has 0 fully saturated rings. The molecule has 19 heavy (non-hydrogen) atoms. The van der Waals surface area contributed by atoms with Crippen molar-refractivity contribution in [1.29, 1.82) is 0 Å². The lowest BCUT2D eigenvalue weighted by Crippen LogP contribution is -2.41. The van der Waals surface area contributed by atoms with Crippen molar-refractivity contribution in [3.8, 4) is 0 Å². The number of nitrogens with zero attached hydrogens (tertiary/aromatic N) is 1. The Morgan fingerprint density at radius 1 is 1.58 bits per heavy atom. The smallest absolute Gasteiger partial charge is 0.326 e. The molecule has 0 aliphatic carbocycles. The van der Waals surface area contributed by atoms with Crippen LogP contribution in [0, 0.1) is 10.1 Å². The Kier molecular flexibility index (Phi) is 5.39. The molecule has 9 heteroatoms. The largest absolute Gasteiger partial charge is 0.480 e. The molecule has 0 bridgehead atoms. The minimum atomic E-state index is -1.18. The summed E-state index contributed by atoms with van der Waals surface area (Å²) in [5, 5.41) is 21.5. The predicted molar refractivity (Wildman–Crippen MR) is 66.4 cm³/mol. The molecule has 1 rings (SSSR count). The number of ether oxygens (including phenoxy) is 1. The minimum Gasteiger partial charge on any atom is -0.480 e. The molecule has 1 aromatic rings. The molecule has 0 saturated heterocycles. The molecule has 1 atom stereocenters. The Bertz CT molecular complexity index is 486. The fraction of sp³-hybridized carbons (Fsp3) is 0.400. The molecule has 8 nitrogen and oxygen atoms in total. The van der Waals surface area contributed by atoms with Crippen LogP contribution in [-0.4, -0.2) is 41.7 Å². The maximum atomic E-state index is 11.7. The molecule has 1 heterocycles. The van der Waals surface area contributed by atoms with E-state index in [2.05, 4.69) is 5.32 Å². The summed E-state index contributed by atoms with van der Waals surface area (Å²) in [6.07, 6.45) is 0.116. The molecule has 0 aliphatic rings. The van der Waals surface area contributed by atoms with E-state index in [1.165, 1.54) is 19.2 Å². The number of amides is 1. The fourth-order valence-corrected chi connectivity index (χ4v) is 1.99. The summed E-state index contributed by atoms with van der Waals surface area (Å²) in [6.45, 7) is 0.182. The number of nitrogens with one attached hydrogen (secondary N) is 1. The molecule has 1 unspecified atom stereocenters. The second-order valence-electron chi connectivity index (χ2n) is 3.54. The highest BCUT2D eigenvalue weighted by atomic mass is 32.1. The second-order valence-corrected chi connectivity index (χ2v) is 4.60. The number of nitro groups is 1. The van der Waals surface area contributed by atoms with Crippen LogP contribution in [0.1, 0.15) is 16.1 Å². The molecular formula is C10H12N2O6S. The number of hydrogen-bond acceptors (Lipinski definition) is 6. The van der Waals surface area contributed by atoms with Crippen LogP contribution in [0.5, 0.6) is 0 Å². The number of rotatable bonds is 7. The van der Waals surface area contributed by atoms with E-state index in [0.717, 1.165) is 0 Å². The van der Waals surface area contributed by atoms with Gasteiger partial charge in [0.05, 0.1) is 9.80 Å². The van der Waals surface area contributed by atoms with Crippen molar-refractivity contribution in [3.05, 3.63) is 27.1 Å². The monoisotopic (exact) mass is 288 g/mol. The number of thiophene rings is 1. The van der Waals surface area contributed by atoms with Gasteiger partial charge < -0.3 is 15.2 Å². The van der Waals surface area contributed by atoms with Gasteiger partial charge in [-0.15, -0.1) is 0 Å². The van der Waals surface area contributed by atoms with Crippen molar-refractivity contribution in [1.82, 2.24) is 5.32 Å². The van der Waals surface area contributed by atoms with Gasteiger partial charge in [-0.1, -0.05) is 11.3 Å². The first-order valence-electron chi connectivity index (χ1n) is 5.22. The van der Waals surface area contributed by atoms with E-state index in [0.29, 0.717) is 11.3 Å². The van der Waals surface area contributed by atoms with Gasteiger partial charge in [-0.05, 0) is 6.07 Å². The summed E-state index contributed by atoms with van der Waals surface area (Å²) in [7, 11) is 1.42. The average molecular weight is 288 g/mol. The third-order valence-electron chi connectivity index (χ3n) is 2.21. The number of carboxylic acids is 1. The fourth-order valence-electron chi connectivity index (χ4n) is 1.27. The Morgan fingerprint density at radius 2 is 2.26 bits per heavy atom. The molecule has 0 aromatic carbocycles. The van der Waals surface area contributed by atoms with Crippen molar-refractivity contribution < 1.29 is 24.4 Å². The van der Waals surface area contributed by atoms with Crippen molar-refractivity contribution in [2.75, 3.05) is 13.7 Å². The first-order chi connectivity index (χ1) is 8.95. The first-order valence-corrected chi connectivity index (χ1v) is 6.04. The third kappa shape index (κ3) is 4.30. The summed E-state index contributed by atoms with van der Waals surface area (Å²) in [5.41, 5.74) is 0. The maximum Gasteiger partial charge on any atom is 0.326 e. The van der Waals surface area contributed by atoms with Gasteiger partial charge in [0.15, 0.2) is 0 Å². The maximum absolute atomic E-state index is 11.7. The van der Waals surface area contributed by atoms with E-state index in [1.807, 2.05) is 0 Å². The number of aliphatic carboxylic acids is 1. The van der Waals surface area contributed by atoms with E-state index in [1.54, 1.807) is 0 Å². The minimum absolute atomic E-state index is 0.0929. The first kappa shape index (κ1) is 15.1. The normalized spacial score (nSPS) is 11.8. The van der Waals surface area contributed by atoms with Crippen LogP contribution in [0.2, 0.25) is 0 Å². The Balaban J connectivity index is 2.70. The van der Waals surface area contributed by atoms with Crippen LogP contribution >= 0.6 is 11.3 Å². The quantitative estimate of drug-likeness (QED) is 0.567. The molecule has 0 radical (unpaired) electrons. The lowest BCUT2D eigenvalue weighted by molar-refractivity contribution is -0.380. The lowest BCUT2D eigenvalue weighted by Gasteiger charge is -2.12. The van der Waals surface area contributed by atoms with Gasteiger partial charge in [0.25, 0.3) is 5.91 Å². The van der Waals surface area contributed by atoms with Crippen molar-refractivity contribution in [3.63, 3.8) is 0 Å². The number of methoxy groups -OCH3 is 1. The van der Waals surface area contributed by atoms with Crippen LogP contribution < -0.4 is 5.32 Å². The number of carbonyl (C=O) groups excluding carboxylic acids is 1. The van der Waals surface area contributed by atoms with Gasteiger partial charge >= 0.3 is 11.0 Å². The zero-order valence-corrected chi connectivity index (χ0v) is 10.8. The zero-order valence-electron chi connectivity index (χ0n) is 9.99. The van der Waals surface area contributed by atoms with E-state index < -0.39 is 22.8 Å². The van der Waals surface area contributed by atoms with Crippen LogP contribution in [0.4, 0.5) is 5.00 Å². The van der Waals surface area contributed by atoms with Gasteiger partial charge in [0.2, 0.25) is 0 Å². The van der Waals surface area contributed by atoms with E-state index in [9.17, 15) is 19.7 Å². The molecule has 1 aromatic heterocycles. The second kappa shape index (κ2) is 6.81. The summed E-state index contributed by atoms with van der Waals surface area (Å²) < 4.78 is 4.74. The SMILES string of the molecule is COCCC(NC(=O)c1ccc([N+](=O)[O-])s1)C(=O)O. The number of carboxylic acid groups (broad SMARTS) is 1. The van der Waals surface area contributed by atoms with Crippen molar-refractivity contribution >= 4 is 28.2 Å². The van der Waals surface area contributed by atoms with Crippen LogP contribution in [0.15, 0.2) is 12.1 Å². The van der Waals surface area contributed by atoms with E-state index >= 15 is 0 Å². The molecule has 104 valence electrons. The van der Waals surface area contributed by atoms with Gasteiger partial charge in [0, 0.05) is 26.2 Å². The highest BCUT2D eigenvalue weighted by Crippen LogP contribution is 2.23. The van der Waals surface area contributed by atoms with Crippen LogP contribution in [-0.2, 0) is 9.53 Å². The van der Waals surface area contributed by atoms with Crippen molar-refractivity contribution in [2.45, 2.75) is 12.5 Å². The molecule has 0 aliphatic heterocycles. The average Bonchev–Trinajstić information content (AvgIpc) is 2.83. The van der Waals surface area contributed by atoms with Gasteiger partial charge in [-0.3, -0.25) is 14.9 Å². The van der Waals surface area contributed by atoms with Crippen LogP contribution in [0.25, 0.3) is 0 Å². The summed E-state index contributed by atoms with van der Waals surface area (Å²) in [4.78, 5) is 32.6. The Hall–Kier alpha value is -2.00. The highest BCUT2D eigenvalue weighted by molar-refractivity contribution is 7.17. The number of hydrogen-bond donors (Lipinski definition) is 2. The predicted octanol–water partition coefficient (Wildman–Crippen LogP) is 0.876. The summed E-state index contributed by atoms with van der Waals surface area (Å²) in [6, 6.07) is 1.39. The van der Waals surface area contributed by atoms with Crippen LogP contribution in [0.3, 0.4) is 0 Å². The third-order valence-corrected chi connectivity index (χ3v) is 3.25. The summed E-state index contributed by atoms with van der Waals surface area (Å²) >= 11 is 0.691.